The lowest BCUT2D eigenvalue weighted by Gasteiger charge is -2.15. The average Bonchev–Trinajstić information content (AvgIpc) is 2.65. The molecule has 2 aromatic carbocycles. The molecule has 28 heavy (non-hydrogen) atoms. The first-order valence-corrected chi connectivity index (χ1v) is 8.14. The lowest BCUT2D eigenvalue weighted by Crippen LogP contribution is -2.27. The number of benzene rings is 2. The molecule has 0 aliphatic rings. The Balaban J connectivity index is 2.04. The second kappa shape index (κ2) is 7.99. The number of ether oxygens (including phenoxy) is 1. The molecule has 0 radical (unpaired) electrons. The van der Waals surface area contributed by atoms with Gasteiger partial charge in [-0.2, -0.15) is 4.98 Å². The summed E-state index contributed by atoms with van der Waals surface area (Å²) in [6.45, 7) is -1.33. The highest BCUT2D eigenvalue weighted by Crippen LogP contribution is 2.24. The molecular formula is C18H11ClF4N2O3. The first kappa shape index (κ1) is 19.8. The molecule has 0 saturated carbocycles. The van der Waals surface area contributed by atoms with E-state index in [1.807, 2.05) is 0 Å². The van der Waals surface area contributed by atoms with Gasteiger partial charge in [0.1, 0.15) is 48.0 Å². The highest BCUT2D eigenvalue weighted by atomic mass is 35.5. The lowest BCUT2D eigenvalue weighted by atomic mass is 10.2. The molecule has 10 heteroatoms. The molecule has 0 aliphatic carbocycles. The van der Waals surface area contributed by atoms with Crippen LogP contribution in [0.3, 0.4) is 0 Å². The van der Waals surface area contributed by atoms with Crippen molar-refractivity contribution >= 4 is 11.6 Å². The number of aliphatic hydroxyl groups is 1. The van der Waals surface area contributed by atoms with Gasteiger partial charge in [0, 0.05) is 11.6 Å². The largest absolute Gasteiger partial charge is 0.471 e. The molecule has 146 valence electrons. The van der Waals surface area contributed by atoms with E-state index in [0.29, 0.717) is 10.6 Å². The van der Waals surface area contributed by atoms with Crippen LogP contribution in [0.2, 0.25) is 5.02 Å². The number of para-hydroxylation sites is 1. The van der Waals surface area contributed by atoms with Crippen molar-refractivity contribution in [3.63, 3.8) is 0 Å². The van der Waals surface area contributed by atoms with Gasteiger partial charge in [0.2, 0.25) is 5.88 Å². The summed E-state index contributed by atoms with van der Waals surface area (Å²) >= 11 is 5.91. The quantitative estimate of drug-likeness (QED) is 0.649. The summed E-state index contributed by atoms with van der Waals surface area (Å²) in [6.07, 6.45) is 0. The summed E-state index contributed by atoms with van der Waals surface area (Å²) in [7, 11) is 0. The molecule has 0 bridgehead atoms. The highest BCUT2D eigenvalue weighted by Gasteiger charge is 2.22. The van der Waals surface area contributed by atoms with Crippen LogP contribution >= 0.6 is 11.6 Å². The van der Waals surface area contributed by atoms with E-state index in [1.54, 1.807) is 0 Å². The van der Waals surface area contributed by atoms with Gasteiger partial charge in [-0.1, -0.05) is 17.7 Å². The third-order valence-corrected chi connectivity index (χ3v) is 4.07. The number of aromatic nitrogens is 2. The lowest BCUT2D eigenvalue weighted by molar-refractivity contribution is 0.254. The van der Waals surface area contributed by atoms with Crippen LogP contribution in [0.5, 0.6) is 5.88 Å². The predicted octanol–water partition coefficient (Wildman–Crippen LogP) is 3.51. The fraction of sp³-hybridized carbons (Fsp3) is 0.111. The van der Waals surface area contributed by atoms with E-state index < -0.39 is 64.5 Å². The van der Waals surface area contributed by atoms with Gasteiger partial charge in [0.05, 0.1) is 0 Å². The Morgan fingerprint density at radius 1 is 1.07 bits per heavy atom. The zero-order valence-electron chi connectivity index (χ0n) is 13.9. The van der Waals surface area contributed by atoms with Crippen LogP contribution in [0.15, 0.2) is 41.2 Å². The number of hydrogen-bond acceptors (Lipinski definition) is 4. The molecule has 0 fully saturated rings. The number of aliphatic hydroxyl groups excluding tert-OH is 1. The van der Waals surface area contributed by atoms with Crippen LogP contribution in [0.1, 0.15) is 11.4 Å². The summed E-state index contributed by atoms with van der Waals surface area (Å²) in [6, 6.07) is 5.72. The molecule has 0 aliphatic heterocycles. The smallest absolute Gasteiger partial charge is 0.281 e. The summed E-state index contributed by atoms with van der Waals surface area (Å²) in [5.74, 6) is -4.75. The summed E-state index contributed by atoms with van der Waals surface area (Å²) in [4.78, 5) is 16.3. The van der Waals surface area contributed by atoms with Crippen molar-refractivity contribution < 1.29 is 27.4 Å². The third kappa shape index (κ3) is 3.71. The molecule has 0 atom stereocenters. The van der Waals surface area contributed by atoms with Crippen LogP contribution in [-0.4, -0.2) is 14.7 Å². The van der Waals surface area contributed by atoms with Crippen LogP contribution in [0, 0.1) is 23.3 Å². The Hall–Kier alpha value is -2.91. The molecule has 1 aromatic heterocycles. The van der Waals surface area contributed by atoms with Crippen molar-refractivity contribution in [1.82, 2.24) is 9.55 Å². The van der Waals surface area contributed by atoms with E-state index in [0.717, 1.165) is 30.3 Å². The van der Waals surface area contributed by atoms with Crippen molar-refractivity contribution in [2.75, 3.05) is 0 Å². The molecule has 3 rings (SSSR count). The maximum absolute atomic E-state index is 14.1. The van der Waals surface area contributed by atoms with E-state index in [4.69, 9.17) is 16.3 Å². The standard InChI is InChI=1S/C18H11ClF4N2O3/c19-15-17(28-8-9-4-5-10(20)6-13(9)23)24-14(7-26)25(18(15)27)16-11(21)2-1-3-12(16)22/h1-6,26H,7-8H2. The van der Waals surface area contributed by atoms with Crippen LogP contribution < -0.4 is 10.3 Å². The van der Waals surface area contributed by atoms with Gasteiger partial charge in [-0.05, 0) is 24.3 Å². The molecule has 1 N–H and O–H groups in total. The fourth-order valence-corrected chi connectivity index (χ4v) is 2.62. The summed E-state index contributed by atoms with van der Waals surface area (Å²) < 4.78 is 60.4. The SMILES string of the molecule is O=c1c(Cl)c(OCc2ccc(F)cc2F)nc(CO)n1-c1c(F)cccc1F. The Bertz CT molecular complexity index is 1080. The molecule has 0 saturated heterocycles. The zero-order valence-corrected chi connectivity index (χ0v) is 14.7. The number of rotatable bonds is 5. The van der Waals surface area contributed by atoms with Crippen LogP contribution in [0.25, 0.3) is 5.69 Å². The minimum absolute atomic E-state index is 0.0471. The van der Waals surface area contributed by atoms with Gasteiger partial charge in [-0.3, -0.25) is 9.36 Å². The Labute approximate surface area is 160 Å². The number of hydrogen-bond donors (Lipinski definition) is 1. The highest BCUT2D eigenvalue weighted by molar-refractivity contribution is 6.31. The molecule has 0 unspecified atom stereocenters. The second-order valence-corrected chi connectivity index (χ2v) is 5.92. The van der Waals surface area contributed by atoms with Gasteiger partial charge in [-0.15, -0.1) is 0 Å². The third-order valence-electron chi connectivity index (χ3n) is 3.75. The molecule has 0 amide bonds. The first-order chi connectivity index (χ1) is 13.3. The van der Waals surface area contributed by atoms with E-state index in [9.17, 15) is 27.5 Å². The van der Waals surface area contributed by atoms with Crippen molar-refractivity contribution in [1.29, 1.82) is 0 Å². The van der Waals surface area contributed by atoms with E-state index in [-0.39, 0.29) is 5.56 Å². The molecule has 3 aromatic rings. The van der Waals surface area contributed by atoms with E-state index in [1.165, 1.54) is 0 Å². The Morgan fingerprint density at radius 2 is 1.75 bits per heavy atom. The zero-order chi connectivity index (χ0) is 20.4. The first-order valence-electron chi connectivity index (χ1n) is 7.77. The van der Waals surface area contributed by atoms with Gasteiger partial charge in [0.15, 0.2) is 5.02 Å². The summed E-state index contributed by atoms with van der Waals surface area (Å²) in [5.41, 5.74) is -1.91. The Morgan fingerprint density at radius 3 is 2.36 bits per heavy atom. The van der Waals surface area contributed by atoms with Crippen molar-refractivity contribution in [3.05, 3.63) is 86.4 Å². The van der Waals surface area contributed by atoms with Gasteiger partial charge in [0.25, 0.3) is 5.56 Å². The maximum Gasteiger partial charge on any atom is 0.281 e. The van der Waals surface area contributed by atoms with Crippen molar-refractivity contribution in [2.24, 2.45) is 0 Å². The minimum atomic E-state index is -1.10. The molecular weight excluding hydrogens is 404 g/mol. The van der Waals surface area contributed by atoms with Gasteiger partial charge >= 0.3 is 0 Å². The topological polar surface area (TPSA) is 64.3 Å². The Kier molecular flexibility index (Phi) is 5.66. The van der Waals surface area contributed by atoms with Crippen molar-refractivity contribution in [2.45, 2.75) is 13.2 Å². The molecule has 1 heterocycles. The minimum Gasteiger partial charge on any atom is -0.471 e. The van der Waals surface area contributed by atoms with Crippen LogP contribution in [-0.2, 0) is 13.2 Å². The van der Waals surface area contributed by atoms with Gasteiger partial charge < -0.3 is 9.84 Å². The molecule has 0 spiro atoms. The summed E-state index contributed by atoms with van der Waals surface area (Å²) in [5, 5.41) is 8.86. The predicted molar refractivity (Wildman–Crippen MR) is 91.4 cm³/mol. The van der Waals surface area contributed by atoms with Gasteiger partial charge in [-0.25, -0.2) is 17.6 Å². The van der Waals surface area contributed by atoms with Crippen molar-refractivity contribution in [3.8, 4) is 11.6 Å². The molecule has 5 nitrogen and oxygen atoms in total. The number of nitrogens with zero attached hydrogens (tertiary/aromatic N) is 2. The monoisotopic (exact) mass is 414 g/mol. The normalized spacial score (nSPS) is 10.9. The van der Waals surface area contributed by atoms with Crippen LogP contribution in [0.4, 0.5) is 17.6 Å². The second-order valence-electron chi connectivity index (χ2n) is 5.54. The maximum atomic E-state index is 14.1. The fourth-order valence-electron chi connectivity index (χ4n) is 2.44. The van der Waals surface area contributed by atoms with E-state index in [2.05, 4.69) is 4.98 Å². The van der Waals surface area contributed by atoms with E-state index >= 15 is 0 Å². The average molecular weight is 415 g/mol. The number of halogens is 5.